The van der Waals surface area contributed by atoms with Crippen LogP contribution in [0, 0.1) is 6.92 Å². The molecule has 0 saturated heterocycles. The molecule has 2 nitrogen and oxygen atoms in total. The van der Waals surface area contributed by atoms with E-state index in [-0.39, 0.29) is 18.9 Å². The van der Waals surface area contributed by atoms with Gasteiger partial charge < -0.3 is 12.1 Å². The van der Waals surface area contributed by atoms with Crippen LogP contribution in [-0.4, -0.2) is 10.9 Å². The monoisotopic (exact) mass is 83.1 g/mol. The summed E-state index contributed by atoms with van der Waals surface area (Å²) >= 11 is 0. The summed E-state index contributed by atoms with van der Waals surface area (Å²) in [6.07, 6.45) is 0. The quantitative estimate of drug-likeness (QED) is 0.115. The molecule has 6 heavy (non-hydrogen) atoms. The summed E-state index contributed by atoms with van der Waals surface area (Å²) in [7, 11) is 0. The summed E-state index contributed by atoms with van der Waals surface area (Å²) in [5.41, 5.74) is 0.435. The molecule has 0 atom stereocenters. The SMILES string of the molecule is [14CH2-]/C([14CH3])=N/O.[Li+]. The predicted molar refractivity (Wildman–Crippen MR) is 20.3 cm³/mol. The fourth-order valence-electron chi connectivity index (χ4n) is 0. The smallest absolute Gasteiger partial charge is 0.413 e. The Hall–Kier alpha value is -0.0626. The van der Waals surface area contributed by atoms with Gasteiger partial charge in [0.1, 0.15) is 0 Å². The second kappa shape index (κ2) is 4.94. The predicted octanol–water partition coefficient (Wildman–Crippen LogP) is -2.33. The van der Waals surface area contributed by atoms with Crippen molar-refractivity contribution in [1.29, 1.82) is 0 Å². The van der Waals surface area contributed by atoms with Gasteiger partial charge in [-0.3, -0.25) is 0 Å². The Balaban J connectivity index is 0. The summed E-state index contributed by atoms with van der Waals surface area (Å²) in [6.45, 7) is 4.87. The van der Waals surface area contributed by atoms with Crippen molar-refractivity contribution in [1.82, 2.24) is 0 Å². The van der Waals surface area contributed by atoms with Crippen LogP contribution in [0.3, 0.4) is 0 Å². The van der Waals surface area contributed by atoms with Crippen LogP contribution in [0.15, 0.2) is 5.16 Å². The molecule has 1 N–H and O–H groups in total. The molecule has 0 saturated carbocycles. The van der Waals surface area contributed by atoms with Crippen LogP contribution in [0.5, 0.6) is 0 Å². The van der Waals surface area contributed by atoms with Crippen LogP contribution >= 0.6 is 0 Å². The molecular formula is C3H6LiNO. The Morgan fingerprint density at radius 2 is 2.00 bits per heavy atom. The molecule has 0 rings (SSSR count). The first-order valence-corrected chi connectivity index (χ1v) is 1.28. The van der Waals surface area contributed by atoms with E-state index in [9.17, 15) is 0 Å². The first-order valence-electron chi connectivity index (χ1n) is 1.28. The van der Waals surface area contributed by atoms with Crippen LogP contribution in [0.25, 0.3) is 0 Å². The fraction of sp³-hybridized carbons (Fsp3) is 0.333. The Morgan fingerprint density at radius 3 is 2.00 bits per heavy atom. The number of hydrogen-bond acceptors (Lipinski definition) is 2. The van der Waals surface area contributed by atoms with Gasteiger partial charge in [-0.2, -0.15) is 0 Å². The molecule has 0 bridgehead atoms. The molecule has 0 aromatic carbocycles. The molecule has 0 aliphatic carbocycles. The number of rotatable bonds is 0. The number of oxime groups is 1. The average Bonchev–Trinajstić information content (AvgIpc) is 1.38. The van der Waals surface area contributed by atoms with Crippen molar-refractivity contribution in [3.63, 3.8) is 0 Å². The van der Waals surface area contributed by atoms with E-state index < -0.39 is 0 Å². The minimum Gasteiger partial charge on any atom is -0.413 e. The van der Waals surface area contributed by atoms with E-state index in [1.165, 1.54) is 0 Å². The van der Waals surface area contributed by atoms with Gasteiger partial charge in [0.25, 0.3) is 0 Å². The summed E-state index contributed by atoms with van der Waals surface area (Å²) in [6, 6.07) is 0. The van der Waals surface area contributed by atoms with Crippen molar-refractivity contribution < 1.29 is 24.1 Å². The fourth-order valence-corrected chi connectivity index (χ4v) is 0. The van der Waals surface area contributed by atoms with Gasteiger partial charge in [0.2, 0.25) is 0 Å². The summed E-state index contributed by atoms with van der Waals surface area (Å²) in [4.78, 5) is 0. The van der Waals surface area contributed by atoms with Crippen LogP contribution in [-0.2, 0) is 0 Å². The second-order valence-electron chi connectivity index (χ2n) is 0.835. The van der Waals surface area contributed by atoms with Gasteiger partial charge in [-0.1, -0.05) is 12.6 Å². The van der Waals surface area contributed by atoms with E-state index in [2.05, 4.69) is 12.1 Å². The van der Waals surface area contributed by atoms with Crippen LogP contribution in [0.1, 0.15) is 6.92 Å². The van der Waals surface area contributed by atoms with Gasteiger partial charge in [-0.15, -0.1) is 5.16 Å². The third-order valence-electron chi connectivity index (χ3n) is 0.171. The van der Waals surface area contributed by atoms with E-state index >= 15 is 0 Å². The van der Waals surface area contributed by atoms with Crippen molar-refractivity contribution in [2.75, 3.05) is 0 Å². The zero-order valence-electron chi connectivity index (χ0n) is 4.10. The molecule has 0 heterocycles. The summed E-state index contributed by atoms with van der Waals surface area (Å²) in [5, 5.41) is 10.4. The zero-order chi connectivity index (χ0) is 4.28. The molecular weight excluding hydrogens is 77.0 g/mol. The Kier molecular flexibility index (Phi) is 7.68. The summed E-state index contributed by atoms with van der Waals surface area (Å²) < 4.78 is 0. The molecule has 0 radical (unpaired) electrons. The second-order valence-corrected chi connectivity index (χ2v) is 0.835. The molecule has 0 aromatic rings. The third-order valence-corrected chi connectivity index (χ3v) is 0.171. The minimum absolute atomic E-state index is 0. The molecule has 0 fully saturated rings. The zero-order valence-corrected chi connectivity index (χ0v) is 4.10. The van der Waals surface area contributed by atoms with Crippen LogP contribution in [0.2, 0.25) is 0 Å². The third kappa shape index (κ3) is 9.05. The van der Waals surface area contributed by atoms with Crippen LogP contribution < -0.4 is 18.9 Å². The van der Waals surface area contributed by atoms with Crippen molar-refractivity contribution >= 4 is 5.71 Å². The normalized spacial score (nSPS) is 9.83. The molecule has 0 unspecified atom stereocenters. The largest absolute Gasteiger partial charge is 1.00 e. The molecule has 0 amide bonds. The summed E-state index contributed by atoms with van der Waals surface area (Å²) in [5.74, 6) is 0. The Labute approximate surface area is 49.4 Å². The van der Waals surface area contributed by atoms with Gasteiger partial charge in [-0.05, 0) is 0 Å². The van der Waals surface area contributed by atoms with Crippen molar-refractivity contribution in [3.8, 4) is 0 Å². The van der Waals surface area contributed by atoms with Gasteiger partial charge in [0, 0.05) is 0 Å². The van der Waals surface area contributed by atoms with E-state index in [4.69, 9.17) is 5.21 Å². The molecule has 0 aromatic heterocycles. The Bertz CT molecular complexity index is 48.8. The molecule has 30 valence electrons. The molecule has 0 aliphatic rings. The standard InChI is InChI=1S/C3H6NO.Li/c1-3(2)4-5;/h5H,1H2,2H3;/q-1;+1/b4-3-;/i1+2,2+2;. The first kappa shape index (κ1) is 9.34. The van der Waals surface area contributed by atoms with Gasteiger partial charge >= 0.3 is 18.9 Å². The van der Waals surface area contributed by atoms with E-state index in [1.807, 2.05) is 0 Å². The average molecular weight is 83.0 g/mol. The number of nitrogens with zero attached hydrogens (tertiary/aromatic N) is 1. The van der Waals surface area contributed by atoms with Crippen molar-refractivity contribution in [2.24, 2.45) is 5.16 Å². The van der Waals surface area contributed by atoms with E-state index in [1.54, 1.807) is 6.92 Å². The van der Waals surface area contributed by atoms with E-state index in [0.717, 1.165) is 0 Å². The van der Waals surface area contributed by atoms with E-state index in [0.29, 0.717) is 5.71 Å². The van der Waals surface area contributed by atoms with Gasteiger partial charge in [0.15, 0.2) is 0 Å². The van der Waals surface area contributed by atoms with Crippen molar-refractivity contribution in [2.45, 2.75) is 6.92 Å². The maximum Gasteiger partial charge on any atom is 1.00 e. The van der Waals surface area contributed by atoms with Gasteiger partial charge in [0.05, 0.1) is 0 Å². The molecule has 0 spiro atoms. The molecule has 3 heteroatoms. The number of hydrogen-bond donors (Lipinski definition) is 1. The first-order chi connectivity index (χ1) is 2.27. The molecule has 0 aliphatic heterocycles. The van der Waals surface area contributed by atoms with Crippen LogP contribution in [0.4, 0.5) is 0 Å². The Morgan fingerprint density at radius 1 is 1.83 bits per heavy atom. The van der Waals surface area contributed by atoms with Crippen molar-refractivity contribution in [3.05, 3.63) is 6.92 Å². The topological polar surface area (TPSA) is 32.6 Å². The maximum absolute atomic E-state index is 7.67. The maximum atomic E-state index is 7.67. The van der Waals surface area contributed by atoms with Gasteiger partial charge in [-0.25, -0.2) is 0 Å². The minimum atomic E-state index is 0.